The van der Waals surface area contributed by atoms with E-state index >= 15 is 0 Å². The zero-order valence-electron chi connectivity index (χ0n) is 11.8. The molecule has 0 atom stereocenters. The normalized spacial score (nSPS) is 10.1. The summed E-state index contributed by atoms with van der Waals surface area (Å²) in [6.45, 7) is 0.614. The van der Waals surface area contributed by atoms with Gasteiger partial charge in [-0.05, 0) is 42.7 Å². The molecule has 4 nitrogen and oxygen atoms in total. The number of phenolic OH excluding ortho intramolecular Hbond substituents is 1. The Balaban J connectivity index is 1.61. The number of carbonyl (C=O) groups is 1. The van der Waals surface area contributed by atoms with Gasteiger partial charge in [0.15, 0.2) is 6.61 Å². The van der Waals surface area contributed by atoms with Gasteiger partial charge in [0.25, 0.3) is 5.91 Å². The first kappa shape index (κ1) is 14.9. The molecule has 0 spiro atoms. The largest absolute Gasteiger partial charge is 0.508 e. The van der Waals surface area contributed by atoms with E-state index in [1.807, 2.05) is 42.5 Å². The van der Waals surface area contributed by atoms with E-state index in [1.165, 1.54) is 0 Å². The van der Waals surface area contributed by atoms with Crippen LogP contribution in [0.25, 0.3) is 0 Å². The van der Waals surface area contributed by atoms with Crippen molar-refractivity contribution in [3.8, 4) is 11.5 Å². The minimum atomic E-state index is -0.130. The highest BCUT2D eigenvalue weighted by Crippen LogP contribution is 2.12. The maximum Gasteiger partial charge on any atom is 0.257 e. The topological polar surface area (TPSA) is 58.6 Å². The molecular weight excluding hydrogens is 266 g/mol. The highest BCUT2D eigenvalue weighted by molar-refractivity contribution is 5.77. The lowest BCUT2D eigenvalue weighted by Gasteiger charge is -2.07. The van der Waals surface area contributed by atoms with Crippen LogP contribution >= 0.6 is 0 Å². The SMILES string of the molecule is O=C(COc1ccccc1)NCCCc1cccc(O)c1. The van der Waals surface area contributed by atoms with Gasteiger partial charge in [0.2, 0.25) is 0 Å². The van der Waals surface area contributed by atoms with Crippen LogP contribution in [-0.4, -0.2) is 24.2 Å². The molecule has 0 aliphatic carbocycles. The van der Waals surface area contributed by atoms with Gasteiger partial charge in [-0.25, -0.2) is 0 Å². The van der Waals surface area contributed by atoms with E-state index in [1.54, 1.807) is 12.1 Å². The molecule has 0 radical (unpaired) electrons. The van der Waals surface area contributed by atoms with Crippen molar-refractivity contribution in [1.82, 2.24) is 5.32 Å². The van der Waals surface area contributed by atoms with E-state index in [0.29, 0.717) is 12.3 Å². The second-order valence-electron chi connectivity index (χ2n) is 4.73. The fourth-order valence-electron chi connectivity index (χ4n) is 1.95. The second kappa shape index (κ2) is 7.94. The van der Waals surface area contributed by atoms with E-state index in [-0.39, 0.29) is 18.3 Å². The van der Waals surface area contributed by atoms with Gasteiger partial charge in [-0.2, -0.15) is 0 Å². The third-order valence-electron chi connectivity index (χ3n) is 2.99. The summed E-state index contributed by atoms with van der Waals surface area (Å²) < 4.78 is 5.35. The number of amides is 1. The summed E-state index contributed by atoms with van der Waals surface area (Å²) in [4.78, 5) is 11.6. The Bertz CT molecular complexity index is 569. The zero-order valence-corrected chi connectivity index (χ0v) is 11.8. The molecule has 0 fully saturated rings. The second-order valence-corrected chi connectivity index (χ2v) is 4.73. The number of phenols is 1. The Hall–Kier alpha value is -2.49. The van der Waals surface area contributed by atoms with Gasteiger partial charge in [0, 0.05) is 6.54 Å². The molecule has 0 saturated heterocycles. The van der Waals surface area contributed by atoms with E-state index in [2.05, 4.69) is 5.32 Å². The smallest absolute Gasteiger partial charge is 0.257 e. The number of rotatable bonds is 7. The molecule has 0 heterocycles. The van der Waals surface area contributed by atoms with Gasteiger partial charge in [-0.1, -0.05) is 30.3 Å². The van der Waals surface area contributed by atoms with Crippen LogP contribution in [0.3, 0.4) is 0 Å². The standard InChI is InChI=1S/C17H19NO3/c19-15-8-4-6-14(12-15)7-5-11-18-17(20)13-21-16-9-2-1-3-10-16/h1-4,6,8-10,12,19H,5,7,11,13H2,(H,18,20). The van der Waals surface area contributed by atoms with E-state index < -0.39 is 0 Å². The van der Waals surface area contributed by atoms with Crippen molar-refractivity contribution < 1.29 is 14.6 Å². The molecule has 0 bridgehead atoms. The molecule has 0 aromatic heterocycles. The Morgan fingerprint density at radius 2 is 1.90 bits per heavy atom. The van der Waals surface area contributed by atoms with Gasteiger partial charge in [-0.3, -0.25) is 4.79 Å². The molecule has 0 aliphatic rings. The molecule has 4 heteroatoms. The molecule has 1 amide bonds. The van der Waals surface area contributed by atoms with Crippen LogP contribution in [0.4, 0.5) is 0 Å². The van der Waals surface area contributed by atoms with E-state index in [4.69, 9.17) is 4.74 Å². The van der Waals surface area contributed by atoms with Crippen LogP contribution in [0.15, 0.2) is 54.6 Å². The monoisotopic (exact) mass is 285 g/mol. The van der Waals surface area contributed by atoms with Gasteiger partial charge in [-0.15, -0.1) is 0 Å². The van der Waals surface area contributed by atoms with Crippen molar-refractivity contribution in [1.29, 1.82) is 0 Å². The lowest BCUT2D eigenvalue weighted by atomic mass is 10.1. The highest BCUT2D eigenvalue weighted by Gasteiger charge is 2.02. The van der Waals surface area contributed by atoms with Crippen LogP contribution in [0.5, 0.6) is 11.5 Å². The third-order valence-corrected chi connectivity index (χ3v) is 2.99. The number of aromatic hydroxyl groups is 1. The number of benzene rings is 2. The fourth-order valence-corrected chi connectivity index (χ4v) is 1.95. The highest BCUT2D eigenvalue weighted by atomic mass is 16.5. The maximum atomic E-state index is 11.6. The zero-order chi connectivity index (χ0) is 14.9. The molecular formula is C17H19NO3. The Morgan fingerprint density at radius 1 is 1.10 bits per heavy atom. The van der Waals surface area contributed by atoms with Crippen LogP contribution in [0.2, 0.25) is 0 Å². The first-order valence-corrected chi connectivity index (χ1v) is 6.96. The third kappa shape index (κ3) is 5.57. The molecule has 0 saturated carbocycles. The molecule has 2 aromatic rings. The number of para-hydroxylation sites is 1. The van der Waals surface area contributed by atoms with Crippen molar-refractivity contribution in [3.63, 3.8) is 0 Å². The molecule has 21 heavy (non-hydrogen) atoms. The average molecular weight is 285 g/mol. The van der Waals surface area contributed by atoms with Gasteiger partial charge in [0.1, 0.15) is 11.5 Å². The molecule has 0 unspecified atom stereocenters. The summed E-state index contributed by atoms with van der Waals surface area (Å²) in [5, 5.41) is 12.2. The van der Waals surface area contributed by atoms with Crippen LogP contribution < -0.4 is 10.1 Å². The lowest BCUT2D eigenvalue weighted by molar-refractivity contribution is -0.123. The number of hydrogen-bond donors (Lipinski definition) is 2. The first-order valence-electron chi connectivity index (χ1n) is 6.96. The van der Waals surface area contributed by atoms with Gasteiger partial charge in [0.05, 0.1) is 0 Å². The Labute approximate surface area is 124 Å². The summed E-state index contributed by atoms with van der Waals surface area (Å²) in [6.07, 6.45) is 1.63. The van der Waals surface area contributed by atoms with Crippen LogP contribution in [0.1, 0.15) is 12.0 Å². The number of hydrogen-bond acceptors (Lipinski definition) is 3. The number of carbonyl (C=O) groups excluding carboxylic acids is 1. The average Bonchev–Trinajstić information content (AvgIpc) is 2.51. The predicted molar refractivity (Wildman–Crippen MR) is 81.4 cm³/mol. The maximum absolute atomic E-state index is 11.6. The van der Waals surface area contributed by atoms with E-state index in [0.717, 1.165) is 18.4 Å². The van der Waals surface area contributed by atoms with Crippen molar-refractivity contribution >= 4 is 5.91 Å². The van der Waals surface area contributed by atoms with Crippen LogP contribution in [0, 0.1) is 0 Å². The molecule has 0 aliphatic heterocycles. The van der Waals surface area contributed by atoms with Crippen molar-refractivity contribution in [2.75, 3.05) is 13.2 Å². The van der Waals surface area contributed by atoms with Gasteiger partial charge >= 0.3 is 0 Å². The van der Waals surface area contributed by atoms with E-state index in [9.17, 15) is 9.90 Å². The Kier molecular flexibility index (Phi) is 5.64. The molecule has 110 valence electrons. The molecule has 2 rings (SSSR count). The van der Waals surface area contributed by atoms with Crippen molar-refractivity contribution in [2.24, 2.45) is 0 Å². The van der Waals surface area contributed by atoms with Crippen molar-refractivity contribution in [3.05, 3.63) is 60.2 Å². The van der Waals surface area contributed by atoms with Crippen molar-refractivity contribution in [2.45, 2.75) is 12.8 Å². The summed E-state index contributed by atoms with van der Waals surface area (Å²) in [6, 6.07) is 16.4. The Morgan fingerprint density at radius 3 is 2.67 bits per heavy atom. The fraction of sp³-hybridized carbons (Fsp3) is 0.235. The van der Waals surface area contributed by atoms with Crippen LogP contribution in [-0.2, 0) is 11.2 Å². The summed E-state index contributed by atoms with van der Waals surface area (Å²) in [7, 11) is 0. The summed E-state index contributed by atoms with van der Waals surface area (Å²) in [5.74, 6) is 0.829. The summed E-state index contributed by atoms with van der Waals surface area (Å²) >= 11 is 0. The predicted octanol–water partition coefficient (Wildman–Crippen LogP) is 2.52. The quantitative estimate of drug-likeness (QED) is 0.769. The number of nitrogens with one attached hydrogen (secondary N) is 1. The number of aryl methyl sites for hydroxylation is 1. The lowest BCUT2D eigenvalue weighted by Crippen LogP contribution is -2.29. The summed E-state index contributed by atoms with van der Waals surface area (Å²) in [5.41, 5.74) is 1.06. The molecule has 2 aromatic carbocycles. The minimum absolute atomic E-state index is 0.0239. The minimum Gasteiger partial charge on any atom is -0.508 e. The molecule has 2 N–H and O–H groups in total. The number of ether oxygens (including phenoxy) is 1. The first-order chi connectivity index (χ1) is 10.2. The van der Waals surface area contributed by atoms with Gasteiger partial charge < -0.3 is 15.2 Å².